The maximum Gasteiger partial charge on any atom is 0.233 e. The Kier molecular flexibility index (Phi) is 7.00. The van der Waals surface area contributed by atoms with Crippen LogP contribution in [0.3, 0.4) is 0 Å². The third kappa shape index (κ3) is 4.56. The normalized spacial score (nSPS) is 23.9. The van der Waals surface area contributed by atoms with Gasteiger partial charge in [0.2, 0.25) is 11.8 Å². The fraction of sp³-hybridized carbons (Fsp3) is 0.357. The lowest BCUT2D eigenvalue weighted by Crippen LogP contribution is -2.38. The molecule has 1 saturated heterocycles. The Morgan fingerprint density at radius 2 is 1.85 bits per heavy atom. The molecule has 6 heteroatoms. The van der Waals surface area contributed by atoms with Crippen LogP contribution in [-0.4, -0.2) is 51.8 Å². The Morgan fingerprint density at radius 3 is 2.53 bits per heavy atom. The Morgan fingerprint density at radius 1 is 1.12 bits per heavy atom. The number of aliphatic hydroxyl groups is 2. The van der Waals surface area contributed by atoms with E-state index in [1.165, 1.54) is 7.05 Å². The highest BCUT2D eigenvalue weighted by Crippen LogP contribution is 2.45. The second kappa shape index (κ2) is 9.95. The number of likely N-dealkylation sites (tertiary alicyclic amines) is 1. The van der Waals surface area contributed by atoms with Gasteiger partial charge >= 0.3 is 0 Å². The van der Waals surface area contributed by atoms with Gasteiger partial charge in [-0.3, -0.25) is 14.5 Å². The van der Waals surface area contributed by atoms with Gasteiger partial charge in [-0.25, -0.2) is 0 Å². The van der Waals surface area contributed by atoms with E-state index in [0.717, 1.165) is 27.2 Å². The van der Waals surface area contributed by atoms with E-state index in [4.69, 9.17) is 0 Å². The molecule has 4 rings (SSSR count). The molecule has 0 saturated carbocycles. The number of nitrogens with zero attached hydrogens (tertiary/aromatic N) is 1. The molecule has 34 heavy (non-hydrogen) atoms. The highest BCUT2D eigenvalue weighted by Gasteiger charge is 2.53. The Balaban J connectivity index is 1.59. The van der Waals surface area contributed by atoms with Crippen molar-refractivity contribution in [2.24, 2.45) is 17.8 Å². The molecule has 2 amide bonds. The van der Waals surface area contributed by atoms with Gasteiger partial charge in [0.25, 0.3) is 0 Å². The van der Waals surface area contributed by atoms with Crippen molar-refractivity contribution in [3.63, 3.8) is 0 Å². The van der Waals surface area contributed by atoms with Gasteiger partial charge in [0.05, 0.1) is 24.5 Å². The minimum absolute atomic E-state index is 0.185. The summed E-state index contributed by atoms with van der Waals surface area (Å²) in [5, 5.41) is 31.3. The highest BCUT2D eigenvalue weighted by molar-refractivity contribution is 6.05. The molecule has 178 valence electrons. The lowest BCUT2D eigenvalue weighted by atomic mass is 9.68. The van der Waals surface area contributed by atoms with Crippen molar-refractivity contribution < 1.29 is 24.9 Å². The molecule has 0 bridgehead atoms. The average molecular weight is 462 g/mol. The molecule has 1 heterocycles. The van der Waals surface area contributed by atoms with Gasteiger partial charge in [-0.2, -0.15) is 0 Å². The number of aromatic hydroxyl groups is 1. The third-order valence-electron chi connectivity index (χ3n) is 7.15. The number of amides is 2. The zero-order valence-electron chi connectivity index (χ0n) is 19.5. The summed E-state index contributed by atoms with van der Waals surface area (Å²) in [5.74, 6) is -1.94. The number of hydrogen-bond donors (Lipinski definition) is 3. The predicted octanol–water partition coefficient (Wildman–Crippen LogP) is 3.63. The quantitative estimate of drug-likeness (QED) is 0.332. The van der Waals surface area contributed by atoms with Crippen LogP contribution in [0, 0.1) is 17.8 Å². The molecular weight excluding hydrogens is 430 g/mol. The predicted molar refractivity (Wildman–Crippen MR) is 130 cm³/mol. The molecule has 2 aliphatic rings. The SMILES string of the molecule is CC1=C([C@H](O)CC/C(=C/c2cccc(O)c2)c2ccccc2)[C@H](CO)[C@@H]2C(=O)N(C)C(=O)[C@@H]2C1. The summed E-state index contributed by atoms with van der Waals surface area (Å²) < 4.78 is 0. The second-order valence-corrected chi connectivity index (χ2v) is 9.28. The summed E-state index contributed by atoms with van der Waals surface area (Å²) in [5.41, 5.74) is 4.44. The molecule has 0 radical (unpaired) electrons. The number of allylic oxidation sites excluding steroid dienone is 2. The molecule has 1 aliphatic heterocycles. The maximum atomic E-state index is 12.7. The average Bonchev–Trinajstić information content (AvgIpc) is 3.04. The van der Waals surface area contributed by atoms with Crippen molar-refractivity contribution in [1.82, 2.24) is 4.90 Å². The van der Waals surface area contributed by atoms with Crippen molar-refractivity contribution in [2.45, 2.75) is 32.3 Å². The van der Waals surface area contributed by atoms with Gasteiger partial charge in [0.15, 0.2) is 0 Å². The molecule has 3 N–H and O–H groups in total. The van der Waals surface area contributed by atoms with E-state index in [-0.39, 0.29) is 24.2 Å². The molecule has 2 aromatic carbocycles. The van der Waals surface area contributed by atoms with Crippen LogP contribution in [0.5, 0.6) is 5.75 Å². The number of rotatable bonds is 7. The zero-order valence-corrected chi connectivity index (χ0v) is 19.5. The zero-order chi connectivity index (χ0) is 24.4. The van der Waals surface area contributed by atoms with E-state index in [2.05, 4.69) is 0 Å². The van der Waals surface area contributed by atoms with Gasteiger partial charge in [0, 0.05) is 13.0 Å². The standard InChI is InChI=1S/C28H31NO5/c1-17-13-22-26(28(34)29(2)27(22)33)23(16-30)25(17)24(32)12-11-20(19-8-4-3-5-9-19)14-18-7-6-10-21(31)15-18/h3-10,14-15,22-24,26,30-32H,11-13,16H2,1-2H3/b20-14-/t22-,23+,24-,26-/m1/s1. The monoisotopic (exact) mass is 461 g/mol. The van der Waals surface area contributed by atoms with Crippen molar-refractivity contribution in [1.29, 1.82) is 0 Å². The molecule has 4 atom stereocenters. The minimum Gasteiger partial charge on any atom is -0.508 e. The smallest absolute Gasteiger partial charge is 0.233 e. The van der Waals surface area contributed by atoms with Crippen LogP contribution < -0.4 is 0 Å². The molecule has 2 aromatic rings. The van der Waals surface area contributed by atoms with Gasteiger partial charge in [-0.05, 0) is 60.6 Å². The number of carbonyl (C=O) groups excluding carboxylic acids is 2. The summed E-state index contributed by atoms with van der Waals surface area (Å²) in [7, 11) is 1.49. The van der Waals surface area contributed by atoms with E-state index in [0.29, 0.717) is 24.8 Å². The summed E-state index contributed by atoms with van der Waals surface area (Å²) >= 11 is 0. The summed E-state index contributed by atoms with van der Waals surface area (Å²) in [4.78, 5) is 26.4. The van der Waals surface area contributed by atoms with Gasteiger partial charge in [0.1, 0.15) is 5.75 Å². The van der Waals surface area contributed by atoms with Crippen LogP contribution >= 0.6 is 0 Å². The lowest BCUT2D eigenvalue weighted by molar-refractivity contribution is -0.138. The van der Waals surface area contributed by atoms with E-state index in [1.54, 1.807) is 18.2 Å². The van der Waals surface area contributed by atoms with Crippen LogP contribution in [0.15, 0.2) is 65.7 Å². The maximum absolute atomic E-state index is 12.7. The van der Waals surface area contributed by atoms with Gasteiger partial charge in [-0.15, -0.1) is 0 Å². The summed E-state index contributed by atoms with van der Waals surface area (Å²) in [6.07, 6.45) is 2.53. The Hall–Kier alpha value is -3.22. The summed E-state index contributed by atoms with van der Waals surface area (Å²) in [6, 6.07) is 16.9. The van der Waals surface area contributed by atoms with Crippen molar-refractivity contribution in [3.05, 3.63) is 76.9 Å². The molecular formula is C28H31NO5. The lowest BCUT2D eigenvalue weighted by Gasteiger charge is -2.35. The van der Waals surface area contributed by atoms with Crippen LogP contribution in [0.4, 0.5) is 0 Å². The first-order valence-electron chi connectivity index (χ1n) is 11.7. The van der Waals surface area contributed by atoms with E-state index in [1.807, 2.05) is 49.4 Å². The number of aliphatic hydroxyl groups excluding tert-OH is 2. The number of phenolic OH excluding ortho intramolecular Hbond substituents is 1. The van der Waals surface area contributed by atoms with Gasteiger partial charge < -0.3 is 15.3 Å². The van der Waals surface area contributed by atoms with Gasteiger partial charge in [-0.1, -0.05) is 54.1 Å². The number of fused-ring (bicyclic) bond motifs is 1. The number of hydrogen-bond acceptors (Lipinski definition) is 5. The third-order valence-corrected chi connectivity index (χ3v) is 7.15. The molecule has 6 nitrogen and oxygen atoms in total. The molecule has 0 unspecified atom stereocenters. The van der Waals surface area contributed by atoms with Crippen LogP contribution in [0.25, 0.3) is 11.6 Å². The number of imide groups is 1. The van der Waals surface area contributed by atoms with E-state index in [9.17, 15) is 24.9 Å². The van der Waals surface area contributed by atoms with Crippen molar-refractivity contribution in [3.8, 4) is 5.75 Å². The number of benzene rings is 2. The first kappa shape index (κ1) is 23.9. The first-order valence-corrected chi connectivity index (χ1v) is 11.7. The van der Waals surface area contributed by atoms with Crippen LogP contribution in [0.1, 0.15) is 37.3 Å². The molecule has 0 aromatic heterocycles. The molecule has 1 aliphatic carbocycles. The largest absolute Gasteiger partial charge is 0.508 e. The van der Waals surface area contributed by atoms with Crippen molar-refractivity contribution in [2.75, 3.05) is 13.7 Å². The minimum atomic E-state index is -0.844. The molecule has 1 fully saturated rings. The number of phenols is 1. The van der Waals surface area contributed by atoms with E-state index < -0.39 is 23.9 Å². The van der Waals surface area contributed by atoms with Crippen LogP contribution in [-0.2, 0) is 9.59 Å². The fourth-order valence-corrected chi connectivity index (χ4v) is 5.49. The topological polar surface area (TPSA) is 98.1 Å². The van der Waals surface area contributed by atoms with Crippen LogP contribution in [0.2, 0.25) is 0 Å². The number of carbonyl (C=O) groups is 2. The highest BCUT2D eigenvalue weighted by atomic mass is 16.3. The molecule has 0 spiro atoms. The first-order chi connectivity index (χ1) is 16.3. The fourth-order valence-electron chi connectivity index (χ4n) is 5.49. The summed E-state index contributed by atoms with van der Waals surface area (Å²) in [6.45, 7) is 1.59. The van der Waals surface area contributed by atoms with E-state index >= 15 is 0 Å². The Bertz CT molecular complexity index is 1140. The Labute approximate surface area is 199 Å². The second-order valence-electron chi connectivity index (χ2n) is 9.28. The van der Waals surface area contributed by atoms with Crippen molar-refractivity contribution >= 4 is 23.5 Å².